The third-order valence-electron chi connectivity index (χ3n) is 10.5. The van der Waals surface area contributed by atoms with Crippen LogP contribution in [0.1, 0.15) is 52.0 Å². The second-order valence-electron chi connectivity index (χ2n) is 13.2. The van der Waals surface area contributed by atoms with Crippen LogP contribution in [0.2, 0.25) is 0 Å². The van der Waals surface area contributed by atoms with E-state index in [-0.39, 0.29) is 23.1 Å². The Labute approximate surface area is 315 Å². The van der Waals surface area contributed by atoms with Gasteiger partial charge in [0.25, 0.3) is 15.1 Å². The lowest BCUT2D eigenvalue weighted by molar-refractivity contribution is -0.934. The van der Waals surface area contributed by atoms with Crippen LogP contribution in [0.25, 0.3) is 37.8 Å². The predicted molar refractivity (Wildman–Crippen MR) is 216 cm³/mol. The van der Waals surface area contributed by atoms with E-state index in [4.69, 9.17) is 0 Å². The van der Waals surface area contributed by atoms with E-state index < -0.39 is 25.6 Å². The van der Waals surface area contributed by atoms with Gasteiger partial charge in [-0.15, -0.1) is 0 Å². The van der Waals surface area contributed by atoms with Gasteiger partial charge in [-0.25, -0.2) is 0 Å². The van der Waals surface area contributed by atoms with Gasteiger partial charge in [0.2, 0.25) is 10.9 Å². The van der Waals surface area contributed by atoms with E-state index in [0.29, 0.717) is 39.1 Å². The molecule has 0 spiro atoms. The predicted octanol–water partition coefficient (Wildman–Crippen LogP) is 8.50. The Morgan fingerprint density at radius 3 is 2.13 bits per heavy atom. The average molecular weight is 782 g/mol. The number of thioether (sulfide) groups is 1. The quantitative estimate of drug-likeness (QED) is 0.0618. The van der Waals surface area contributed by atoms with Gasteiger partial charge >= 0.3 is 10.1 Å². The van der Waals surface area contributed by atoms with Gasteiger partial charge in [0.15, 0.2) is 6.54 Å². The fourth-order valence-electron chi connectivity index (χ4n) is 7.60. The van der Waals surface area contributed by atoms with E-state index in [9.17, 15) is 25.9 Å². The minimum atomic E-state index is -4.35. The van der Waals surface area contributed by atoms with Crippen molar-refractivity contribution >= 4 is 86.9 Å². The van der Waals surface area contributed by atoms with Crippen LogP contribution in [0, 0.1) is 0 Å². The first-order valence-electron chi connectivity index (χ1n) is 17.8. The molecule has 276 valence electrons. The summed E-state index contributed by atoms with van der Waals surface area (Å²) in [5.74, 6) is -0.327. The number of thiazole rings is 1. The highest BCUT2D eigenvalue weighted by Gasteiger charge is 2.42. The fourth-order valence-corrected chi connectivity index (χ4v) is 11.9. The van der Waals surface area contributed by atoms with Crippen molar-refractivity contribution in [3.05, 3.63) is 94.5 Å². The zero-order valence-corrected chi connectivity index (χ0v) is 33.3. The number of rotatable bonds is 15. The van der Waals surface area contributed by atoms with Crippen molar-refractivity contribution in [3.63, 3.8) is 0 Å². The molecule has 1 aliphatic heterocycles. The molecule has 0 aliphatic carbocycles. The summed E-state index contributed by atoms with van der Waals surface area (Å²) in [5.41, 5.74) is 3.12. The number of nitrogens with zero attached hydrogens (tertiary/aromatic N) is 3. The summed E-state index contributed by atoms with van der Waals surface area (Å²) in [4.78, 5) is 3.30. The van der Waals surface area contributed by atoms with Crippen molar-refractivity contribution in [3.8, 4) is 0 Å². The molecule has 0 bridgehead atoms. The molecular weight excluding hydrogens is 735 g/mol. The lowest BCUT2D eigenvalue weighted by Gasteiger charge is -2.41. The second-order valence-corrected chi connectivity index (χ2v) is 18.5. The van der Waals surface area contributed by atoms with Gasteiger partial charge in [-0.3, -0.25) is 9.11 Å². The maximum Gasteiger partial charge on any atom is 0.319 e. The standard InChI is InChI=1S/C39H45N3O6S4/c1-5-28(26-35-40(23-13-25-51(43,44)45)38-31-16-11-9-14-29(31)18-20-33(38)49-35)27-36-41(24-22-37(52(46,47)48)42(6-2,7-3)8-4)39-32-17-12-10-15-30(32)19-21-34(39)50-36/h9-12,14-21,26-27,37H,5-8,13,22-25H2,1-4H3/p+2. The van der Waals surface area contributed by atoms with E-state index >= 15 is 0 Å². The van der Waals surface area contributed by atoms with Crippen molar-refractivity contribution in [1.82, 2.24) is 0 Å². The maximum atomic E-state index is 13.0. The van der Waals surface area contributed by atoms with Crippen LogP contribution in [-0.4, -0.2) is 67.7 Å². The molecule has 0 fully saturated rings. The van der Waals surface area contributed by atoms with Gasteiger partial charge in [0, 0.05) is 35.7 Å². The second kappa shape index (κ2) is 15.6. The Hall–Kier alpha value is -3.30. The molecule has 4 aromatic carbocycles. The van der Waals surface area contributed by atoms with Crippen molar-refractivity contribution in [2.45, 2.75) is 63.8 Å². The molecule has 0 saturated carbocycles. The molecule has 1 atom stereocenters. The van der Waals surface area contributed by atoms with Gasteiger partial charge in [-0.2, -0.15) is 21.4 Å². The van der Waals surface area contributed by atoms with Crippen molar-refractivity contribution in [2.75, 3.05) is 36.8 Å². The van der Waals surface area contributed by atoms with E-state index in [0.717, 1.165) is 58.0 Å². The Morgan fingerprint density at radius 1 is 0.865 bits per heavy atom. The molecule has 2 heterocycles. The normalized spacial score (nSPS) is 15.7. The molecule has 52 heavy (non-hydrogen) atoms. The largest absolute Gasteiger partial charge is 0.334 e. The number of anilines is 1. The van der Waals surface area contributed by atoms with Crippen LogP contribution in [-0.2, 0) is 26.8 Å². The topological polar surface area (TPSA) is 116 Å². The highest BCUT2D eigenvalue weighted by Crippen LogP contribution is 2.50. The summed E-state index contributed by atoms with van der Waals surface area (Å²) in [6.07, 6.45) is 5.56. The molecule has 2 N–H and O–H groups in total. The van der Waals surface area contributed by atoms with E-state index in [1.54, 1.807) is 23.1 Å². The van der Waals surface area contributed by atoms with Crippen LogP contribution in [0.15, 0.2) is 94.4 Å². The van der Waals surface area contributed by atoms with Crippen molar-refractivity contribution < 1.29 is 35.0 Å². The molecule has 1 unspecified atom stereocenters. The zero-order chi connectivity index (χ0) is 37.3. The molecular formula is C39H47N3O6S4+2. The number of aryl methyl sites for hydroxylation is 1. The van der Waals surface area contributed by atoms with Gasteiger partial charge in [-0.05, 0) is 67.8 Å². The summed E-state index contributed by atoms with van der Waals surface area (Å²) < 4.78 is 72.9. The number of allylic oxidation sites excluding steroid dienone is 2. The van der Waals surface area contributed by atoms with Crippen LogP contribution in [0.4, 0.5) is 5.69 Å². The third-order valence-corrected chi connectivity index (χ3v) is 14.9. The monoisotopic (exact) mass is 781 g/mol. The lowest BCUT2D eigenvalue weighted by atomic mass is 10.1. The van der Waals surface area contributed by atoms with Crippen LogP contribution < -0.4 is 9.47 Å². The van der Waals surface area contributed by atoms with E-state index in [1.807, 2.05) is 45.0 Å². The van der Waals surface area contributed by atoms with Crippen LogP contribution >= 0.6 is 23.1 Å². The molecule has 0 radical (unpaired) electrons. The van der Waals surface area contributed by atoms with Gasteiger partial charge < -0.3 is 9.38 Å². The SMILES string of the molecule is CCC(=Cc1sc2ccc3ccccc3c2[n+]1CCCS(=O)(=O)O)C=C1Sc2ccc3ccccc3c2N1CCC([N+](CC)(CC)CC)S(=O)(=O)O. The first-order chi connectivity index (χ1) is 24.8. The van der Waals surface area contributed by atoms with Crippen molar-refractivity contribution in [1.29, 1.82) is 0 Å². The Bertz CT molecular complexity index is 2390. The zero-order valence-electron chi connectivity index (χ0n) is 30.0. The van der Waals surface area contributed by atoms with Crippen LogP contribution in [0.5, 0.6) is 0 Å². The number of aromatic nitrogens is 1. The lowest BCUT2D eigenvalue weighted by Crippen LogP contribution is -2.58. The van der Waals surface area contributed by atoms with Gasteiger partial charge in [0.05, 0.1) is 41.5 Å². The number of fused-ring (bicyclic) bond motifs is 6. The molecule has 0 amide bonds. The van der Waals surface area contributed by atoms with E-state index in [1.165, 1.54) is 0 Å². The minimum absolute atomic E-state index is 0.247. The van der Waals surface area contributed by atoms with Gasteiger partial charge in [0.1, 0.15) is 4.70 Å². The minimum Gasteiger partial charge on any atom is -0.334 e. The maximum absolute atomic E-state index is 13.0. The summed E-state index contributed by atoms with van der Waals surface area (Å²) in [6, 6.07) is 24.8. The first-order valence-corrected chi connectivity index (χ1v) is 22.6. The summed E-state index contributed by atoms with van der Waals surface area (Å²) in [5, 5.41) is 5.32. The summed E-state index contributed by atoms with van der Waals surface area (Å²) in [7, 11) is -8.46. The van der Waals surface area contributed by atoms with Gasteiger partial charge in [-0.1, -0.05) is 84.6 Å². The highest BCUT2D eigenvalue weighted by molar-refractivity contribution is 8.03. The third kappa shape index (κ3) is 7.82. The smallest absolute Gasteiger partial charge is 0.319 e. The Kier molecular flexibility index (Phi) is 11.5. The molecule has 1 aliphatic rings. The number of benzene rings is 4. The number of hydrogen-bond acceptors (Lipinski definition) is 7. The number of hydrogen-bond donors (Lipinski definition) is 2. The molecule has 9 nitrogen and oxygen atoms in total. The Balaban J connectivity index is 1.46. The molecule has 6 rings (SSSR count). The number of quaternary nitrogens is 1. The highest BCUT2D eigenvalue weighted by atomic mass is 32.2. The molecule has 0 saturated heterocycles. The van der Waals surface area contributed by atoms with Crippen LogP contribution in [0.3, 0.4) is 0 Å². The summed E-state index contributed by atoms with van der Waals surface area (Å²) in [6.45, 7) is 10.6. The average Bonchev–Trinajstić information content (AvgIpc) is 3.66. The molecule has 1 aromatic heterocycles. The summed E-state index contributed by atoms with van der Waals surface area (Å²) >= 11 is 3.30. The Morgan fingerprint density at radius 2 is 1.50 bits per heavy atom. The molecule has 5 aromatic rings. The fraction of sp³-hybridized carbons (Fsp3) is 0.359. The van der Waals surface area contributed by atoms with E-state index in [2.05, 4.69) is 77.1 Å². The van der Waals surface area contributed by atoms with Crippen molar-refractivity contribution in [2.24, 2.45) is 0 Å². The molecule has 13 heteroatoms. The first kappa shape index (κ1) is 38.4.